The van der Waals surface area contributed by atoms with Crippen LogP contribution in [-0.2, 0) is 28.5 Å². The zero-order valence-corrected chi connectivity index (χ0v) is 21.0. The van der Waals surface area contributed by atoms with E-state index in [9.17, 15) is 19.2 Å². The molecule has 0 aliphatic carbocycles. The summed E-state index contributed by atoms with van der Waals surface area (Å²) >= 11 is 0. The van der Waals surface area contributed by atoms with Crippen molar-refractivity contribution < 1.29 is 42.9 Å². The number of carbonyl (C=O) groups excluding carboxylic acids is 4. The van der Waals surface area contributed by atoms with Crippen LogP contribution in [-0.4, -0.2) is 54.6 Å². The molecule has 1 aliphatic heterocycles. The largest absolute Gasteiger partial charge is 0.452 e. The van der Waals surface area contributed by atoms with E-state index in [1.807, 2.05) is 0 Å². The summed E-state index contributed by atoms with van der Waals surface area (Å²) in [6.07, 6.45) is -5.32. The lowest BCUT2D eigenvalue weighted by Crippen LogP contribution is -2.45. The Morgan fingerprint density at radius 1 is 0.692 bits per heavy atom. The first-order valence-electron chi connectivity index (χ1n) is 12.1. The Morgan fingerprint density at radius 2 is 1.13 bits per heavy atom. The summed E-state index contributed by atoms with van der Waals surface area (Å²) in [7, 11) is 0. The second-order valence-electron chi connectivity index (χ2n) is 8.52. The fraction of sp³-hybridized carbons (Fsp3) is 0.200. The van der Waals surface area contributed by atoms with E-state index >= 15 is 0 Å². The van der Waals surface area contributed by atoms with Gasteiger partial charge in [-0.1, -0.05) is 61.2 Å². The topological polar surface area (TPSA) is 114 Å². The van der Waals surface area contributed by atoms with Crippen molar-refractivity contribution in [3.63, 3.8) is 0 Å². The summed E-state index contributed by atoms with van der Waals surface area (Å²) in [5.74, 6) is -2.94. The van der Waals surface area contributed by atoms with Crippen molar-refractivity contribution >= 4 is 23.9 Å². The van der Waals surface area contributed by atoms with Crippen LogP contribution < -0.4 is 0 Å². The van der Waals surface area contributed by atoms with Gasteiger partial charge in [0.25, 0.3) is 0 Å². The molecule has 0 N–H and O–H groups in total. The molecule has 5 atom stereocenters. The number of ether oxygens (including phenoxy) is 5. The highest BCUT2D eigenvalue weighted by Gasteiger charge is 2.54. The molecule has 0 radical (unpaired) electrons. The van der Waals surface area contributed by atoms with E-state index in [1.165, 1.54) is 18.2 Å². The van der Waals surface area contributed by atoms with Crippen molar-refractivity contribution in [3.05, 3.63) is 120 Å². The monoisotopic (exact) mass is 530 g/mol. The average Bonchev–Trinajstić information content (AvgIpc) is 3.28. The van der Waals surface area contributed by atoms with Crippen LogP contribution in [0.25, 0.3) is 0 Å². The van der Waals surface area contributed by atoms with Gasteiger partial charge in [0.2, 0.25) is 12.4 Å². The van der Waals surface area contributed by atoms with Gasteiger partial charge in [-0.3, -0.25) is 4.79 Å². The van der Waals surface area contributed by atoms with Gasteiger partial charge in [-0.05, 0) is 42.5 Å². The lowest BCUT2D eigenvalue weighted by atomic mass is 10.0. The Morgan fingerprint density at radius 3 is 1.56 bits per heavy atom. The Bertz CT molecular complexity index is 1310. The smallest absolute Gasteiger partial charge is 0.338 e. The normalized spacial score (nSPS) is 20.7. The minimum Gasteiger partial charge on any atom is -0.452 e. The summed E-state index contributed by atoms with van der Waals surface area (Å²) in [6.45, 7) is 4.88. The molecule has 9 nitrogen and oxygen atoms in total. The fourth-order valence-corrected chi connectivity index (χ4v) is 3.98. The summed E-state index contributed by atoms with van der Waals surface area (Å²) in [5, 5.41) is 0. The zero-order valence-electron chi connectivity index (χ0n) is 21.0. The first-order valence-corrected chi connectivity index (χ1v) is 12.1. The molecule has 1 saturated heterocycles. The molecule has 1 heterocycles. The predicted molar refractivity (Wildman–Crippen MR) is 138 cm³/mol. The molecule has 0 spiro atoms. The van der Waals surface area contributed by atoms with E-state index in [2.05, 4.69) is 6.58 Å². The summed E-state index contributed by atoms with van der Waals surface area (Å²) in [6, 6.07) is 24.5. The maximum Gasteiger partial charge on any atom is 0.338 e. The van der Waals surface area contributed by atoms with Gasteiger partial charge in [-0.15, -0.1) is 0 Å². The molecule has 3 aromatic rings. The second kappa shape index (κ2) is 12.7. The summed E-state index contributed by atoms with van der Waals surface area (Å²) in [4.78, 5) is 50.8. The highest BCUT2D eigenvalue weighted by Crippen LogP contribution is 2.33. The SMILES string of the molecule is C=C[C@@H](OC(=O)c1ccccc1)[C@H]1O[C@@H](OC(C)=O)[C@H](OC(=O)c2ccccc2)[C@@H]1OC(=O)c1ccccc1. The van der Waals surface area contributed by atoms with Gasteiger partial charge in [0.1, 0.15) is 6.10 Å². The van der Waals surface area contributed by atoms with Crippen molar-refractivity contribution in [3.8, 4) is 0 Å². The average molecular weight is 531 g/mol. The molecule has 4 rings (SSSR count). The van der Waals surface area contributed by atoms with Crippen LogP contribution in [0.15, 0.2) is 104 Å². The van der Waals surface area contributed by atoms with Crippen molar-refractivity contribution in [2.24, 2.45) is 0 Å². The third kappa shape index (κ3) is 6.77. The molecule has 0 aromatic heterocycles. The maximum absolute atomic E-state index is 13.1. The van der Waals surface area contributed by atoms with E-state index in [0.29, 0.717) is 0 Å². The molecule has 0 bridgehead atoms. The number of carbonyl (C=O) groups is 4. The van der Waals surface area contributed by atoms with E-state index in [1.54, 1.807) is 78.9 Å². The van der Waals surface area contributed by atoms with Gasteiger partial charge in [-0.25, -0.2) is 14.4 Å². The number of hydrogen-bond donors (Lipinski definition) is 0. The first kappa shape index (κ1) is 27.3. The third-order valence-corrected chi connectivity index (χ3v) is 5.80. The quantitative estimate of drug-likeness (QED) is 0.229. The molecular weight excluding hydrogens is 504 g/mol. The molecule has 9 heteroatoms. The minimum absolute atomic E-state index is 0.214. The number of hydrogen-bond acceptors (Lipinski definition) is 9. The Hall–Kier alpha value is -4.76. The lowest BCUT2D eigenvalue weighted by Gasteiger charge is -2.26. The van der Waals surface area contributed by atoms with E-state index in [-0.39, 0.29) is 16.7 Å². The van der Waals surface area contributed by atoms with Crippen LogP contribution >= 0.6 is 0 Å². The molecule has 39 heavy (non-hydrogen) atoms. The van der Waals surface area contributed by atoms with Gasteiger partial charge in [0.05, 0.1) is 16.7 Å². The highest BCUT2D eigenvalue weighted by atomic mass is 16.8. The van der Waals surface area contributed by atoms with Crippen LogP contribution in [0.1, 0.15) is 38.0 Å². The van der Waals surface area contributed by atoms with Gasteiger partial charge in [0.15, 0.2) is 12.2 Å². The summed E-state index contributed by atoms with van der Waals surface area (Å²) < 4.78 is 28.3. The number of rotatable bonds is 9. The van der Waals surface area contributed by atoms with Gasteiger partial charge >= 0.3 is 23.9 Å². The number of benzene rings is 3. The van der Waals surface area contributed by atoms with Gasteiger partial charge < -0.3 is 23.7 Å². The molecule has 0 saturated carbocycles. The molecule has 0 unspecified atom stereocenters. The fourth-order valence-electron chi connectivity index (χ4n) is 3.98. The lowest BCUT2D eigenvalue weighted by molar-refractivity contribution is -0.190. The van der Waals surface area contributed by atoms with Crippen LogP contribution in [0.5, 0.6) is 0 Å². The Balaban J connectivity index is 1.67. The van der Waals surface area contributed by atoms with Crippen molar-refractivity contribution in [1.29, 1.82) is 0 Å². The van der Waals surface area contributed by atoms with Crippen LogP contribution in [0, 0.1) is 0 Å². The molecule has 0 amide bonds. The molecule has 1 fully saturated rings. The van der Waals surface area contributed by atoms with Crippen molar-refractivity contribution in [2.45, 2.75) is 37.6 Å². The molecule has 200 valence electrons. The highest BCUT2D eigenvalue weighted by molar-refractivity contribution is 5.91. The third-order valence-electron chi connectivity index (χ3n) is 5.80. The standard InChI is InChI=1S/C30H26O9/c1-3-23(36-27(32)20-13-7-4-8-14-20)24-25(37-28(33)21-15-9-5-10-16-21)26(30(39-24)35-19(2)31)38-29(34)22-17-11-6-12-18-22/h3-18,23-26,30H,1H2,2H3/t23-,24-,25-,26-,30-/m1/s1. The van der Waals surface area contributed by atoms with Gasteiger partial charge in [0, 0.05) is 6.92 Å². The van der Waals surface area contributed by atoms with Crippen molar-refractivity contribution in [2.75, 3.05) is 0 Å². The zero-order chi connectivity index (χ0) is 27.8. The maximum atomic E-state index is 13.1. The van der Waals surface area contributed by atoms with E-state index in [4.69, 9.17) is 23.7 Å². The Labute approximate surface area is 224 Å². The minimum atomic E-state index is -1.47. The van der Waals surface area contributed by atoms with E-state index < -0.39 is 54.6 Å². The predicted octanol–water partition coefficient (Wildman–Crippen LogP) is 4.14. The van der Waals surface area contributed by atoms with Gasteiger partial charge in [-0.2, -0.15) is 0 Å². The summed E-state index contributed by atoms with van der Waals surface area (Å²) in [5.41, 5.74) is 0.701. The van der Waals surface area contributed by atoms with Crippen LogP contribution in [0.2, 0.25) is 0 Å². The molecule has 1 aliphatic rings. The van der Waals surface area contributed by atoms with Crippen molar-refractivity contribution in [1.82, 2.24) is 0 Å². The molecular formula is C30H26O9. The first-order chi connectivity index (χ1) is 18.9. The number of esters is 4. The van der Waals surface area contributed by atoms with E-state index in [0.717, 1.165) is 6.92 Å². The second-order valence-corrected chi connectivity index (χ2v) is 8.52. The van der Waals surface area contributed by atoms with Crippen LogP contribution in [0.4, 0.5) is 0 Å². The Kier molecular flexibility index (Phi) is 8.86. The van der Waals surface area contributed by atoms with Crippen LogP contribution in [0.3, 0.4) is 0 Å². The molecule has 3 aromatic carbocycles.